The van der Waals surface area contributed by atoms with Gasteiger partial charge in [-0.2, -0.15) is 0 Å². The molecule has 2 heterocycles. The van der Waals surface area contributed by atoms with E-state index < -0.39 is 0 Å². The zero-order chi connectivity index (χ0) is 13.3. The van der Waals surface area contributed by atoms with Gasteiger partial charge in [0, 0.05) is 24.4 Å². The van der Waals surface area contributed by atoms with Gasteiger partial charge in [0.1, 0.15) is 0 Å². The van der Waals surface area contributed by atoms with Crippen molar-refractivity contribution in [2.45, 2.75) is 26.8 Å². The summed E-state index contributed by atoms with van der Waals surface area (Å²) >= 11 is 5.00. The lowest BCUT2D eigenvalue weighted by Crippen LogP contribution is -2.32. The minimum absolute atomic E-state index is 0.175. The van der Waals surface area contributed by atoms with Crippen molar-refractivity contribution < 1.29 is 0 Å². The number of aromatic nitrogens is 4. The molecule has 7 heteroatoms. The molecule has 96 valence electrons. The van der Waals surface area contributed by atoms with Crippen LogP contribution in [0, 0.1) is 5.41 Å². The van der Waals surface area contributed by atoms with Crippen molar-refractivity contribution in [3.05, 3.63) is 29.1 Å². The van der Waals surface area contributed by atoms with E-state index in [0.29, 0.717) is 23.6 Å². The second kappa shape index (κ2) is 4.49. The molecule has 2 rings (SSSR count). The van der Waals surface area contributed by atoms with Crippen molar-refractivity contribution in [2.24, 2.45) is 11.1 Å². The number of hydrogen-bond acceptors (Lipinski definition) is 4. The van der Waals surface area contributed by atoms with Crippen LogP contribution in [0.2, 0.25) is 0 Å². The number of fused-ring (bicyclic) bond motifs is 1. The summed E-state index contributed by atoms with van der Waals surface area (Å²) in [4.78, 5) is 16.4. The zero-order valence-electron chi connectivity index (χ0n) is 10.3. The molecule has 0 saturated carbocycles. The number of hydrogen-bond donors (Lipinski definition) is 1. The number of rotatable bonds is 4. The van der Waals surface area contributed by atoms with Gasteiger partial charge in [-0.3, -0.25) is 4.98 Å². The highest BCUT2D eigenvalue weighted by atomic mass is 32.1. The summed E-state index contributed by atoms with van der Waals surface area (Å²) in [5, 5.41) is 4.20. The summed E-state index contributed by atoms with van der Waals surface area (Å²) < 4.78 is 2.87. The number of thiocarbonyl (C=S) groups is 1. The van der Waals surface area contributed by atoms with Crippen LogP contribution < -0.4 is 11.4 Å². The predicted octanol–water partition coefficient (Wildman–Crippen LogP) is 0.593. The van der Waals surface area contributed by atoms with Crippen molar-refractivity contribution in [1.82, 2.24) is 19.2 Å². The van der Waals surface area contributed by atoms with Gasteiger partial charge >= 0.3 is 5.69 Å². The standard InChI is InChI=1S/C11H15N5OS/c1-11(2,9(12)18)3-5-16-10(17)15-6-4-13-7-8(15)14-16/h4,6-7H,3,5H2,1-2H3,(H2,12,18). The van der Waals surface area contributed by atoms with Crippen LogP contribution in [0.1, 0.15) is 20.3 Å². The van der Waals surface area contributed by atoms with Gasteiger partial charge in [-0.25, -0.2) is 13.9 Å². The van der Waals surface area contributed by atoms with Gasteiger partial charge in [-0.1, -0.05) is 26.1 Å². The Morgan fingerprint density at radius 2 is 2.28 bits per heavy atom. The molecule has 0 saturated heterocycles. The van der Waals surface area contributed by atoms with Crippen LogP contribution in [0.3, 0.4) is 0 Å². The molecule has 0 radical (unpaired) electrons. The van der Waals surface area contributed by atoms with E-state index in [2.05, 4.69) is 10.1 Å². The average molecular weight is 265 g/mol. The second-order valence-electron chi connectivity index (χ2n) is 4.81. The second-order valence-corrected chi connectivity index (χ2v) is 5.25. The van der Waals surface area contributed by atoms with Gasteiger partial charge in [-0.05, 0) is 6.42 Å². The number of nitrogens with two attached hydrogens (primary N) is 1. The lowest BCUT2D eigenvalue weighted by molar-refractivity contribution is 0.412. The lowest BCUT2D eigenvalue weighted by atomic mass is 9.89. The van der Waals surface area contributed by atoms with Crippen LogP contribution in [-0.4, -0.2) is 24.2 Å². The van der Waals surface area contributed by atoms with E-state index in [1.54, 1.807) is 18.6 Å². The quantitative estimate of drug-likeness (QED) is 0.819. The first-order valence-corrected chi connectivity index (χ1v) is 6.02. The van der Waals surface area contributed by atoms with E-state index in [0.717, 1.165) is 0 Å². The molecule has 6 nitrogen and oxygen atoms in total. The SMILES string of the molecule is CC(C)(CCn1nc2cnccn2c1=O)C(N)=S. The van der Waals surface area contributed by atoms with Gasteiger partial charge in [-0.15, -0.1) is 5.10 Å². The Labute approximate surface area is 109 Å². The fraction of sp³-hybridized carbons (Fsp3) is 0.455. The Morgan fingerprint density at radius 1 is 1.56 bits per heavy atom. The van der Waals surface area contributed by atoms with E-state index in [-0.39, 0.29) is 11.1 Å². The maximum absolute atomic E-state index is 12.0. The van der Waals surface area contributed by atoms with Crippen molar-refractivity contribution >= 4 is 22.9 Å². The Morgan fingerprint density at radius 3 is 2.89 bits per heavy atom. The monoisotopic (exact) mass is 265 g/mol. The van der Waals surface area contributed by atoms with Crippen molar-refractivity contribution in [2.75, 3.05) is 0 Å². The highest BCUT2D eigenvalue weighted by Crippen LogP contribution is 2.20. The van der Waals surface area contributed by atoms with Crippen LogP contribution in [0.5, 0.6) is 0 Å². The molecule has 0 aromatic carbocycles. The van der Waals surface area contributed by atoms with Crippen LogP contribution in [0.25, 0.3) is 5.65 Å². The smallest absolute Gasteiger partial charge is 0.350 e. The Hall–Kier alpha value is -1.76. The summed E-state index contributed by atoms with van der Waals surface area (Å²) in [5.74, 6) is 0. The largest absolute Gasteiger partial charge is 0.393 e. The van der Waals surface area contributed by atoms with Gasteiger partial charge < -0.3 is 5.73 Å². The average Bonchev–Trinajstić information content (AvgIpc) is 2.64. The van der Waals surface area contributed by atoms with E-state index in [4.69, 9.17) is 18.0 Å². The molecule has 0 spiro atoms. The third-order valence-corrected chi connectivity index (χ3v) is 3.56. The molecule has 18 heavy (non-hydrogen) atoms. The maximum Gasteiger partial charge on any atom is 0.350 e. The molecule has 0 aliphatic carbocycles. The molecule has 0 fully saturated rings. The highest BCUT2D eigenvalue weighted by Gasteiger charge is 2.22. The lowest BCUT2D eigenvalue weighted by Gasteiger charge is -2.22. The summed E-state index contributed by atoms with van der Waals surface area (Å²) in [6.07, 6.45) is 5.37. The minimum Gasteiger partial charge on any atom is -0.393 e. The fourth-order valence-electron chi connectivity index (χ4n) is 1.53. The Balaban J connectivity index is 2.26. The third kappa shape index (κ3) is 2.26. The molecule has 0 atom stereocenters. The molecule has 0 amide bonds. The van der Waals surface area contributed by atoms with Crippen LogP contribution >= 0.6 is 12.2 Å². The van der Waals surface area contributed by atoms with Crippen LogP contribution in [0.4, 0.5) is 0 Å². The normalized spacial score (nSPS) is 11.9. The van der Waals surface area contributed by atoms with E-state index in [1.807, 2.05) is 13.8 Å². The van der Waals surface area contributed by atoms with Crippen molar-refractivity contribution in [1.29, 1.82) is 0 Å². The van der Waals surface area contributed by atoms with E-state index in [1.165, 1.54) is 9.08 Å². The topological polar surface area (TPSA) is 78.2 Å². The van der Waals surface area contributed by atoms with Crippen molar-refractivity contribution in [3.63, 3.8) is 0 Å². The first-order chi connectivity index (χ1) is 8.42. The maximum atomic E-state index is 12.0. The van der Waals surface area contributed by atoms with Crippen LogP contribution in [-0.2, 0) is 6.54 Å². The first kappa shape index (κ1) is 12.7. The predicted molar refractivity (Wildman–Crippen MR) is 72.4 cm³/mol. The van der Waals surface area contributed by atoms with Gasteiger partial charge in [0.2, 0.25) is 0 Å². The fourth-order valence-corrected chi connectivity index (χ4v) is 1.64. The molecular formula is C11H15N5OS. The molecular weight excluding hydrogens is 250 g/mol. The Kier molecular flexibility index (Phi) is 3.16. The summed E-state index contributed by atoms with van der Waals surface area (Å²) in [6, 6.07) is 0. The summed E-state index contributed by atoms with van der Waals surface area (Å²) in [5.41, 5.74) is 5.73. The van der Waals surface area contributed by atoms with Gasteiger partial charge in [0.05, 0.1) is 11.2 Å². The van der Waals surface area contributed by atoms with Crippen LogP contribution in [0.15, 0.2) is 23.4 Å². The highest BCUT2D eigenvalue weighted by molar-refractivity contribution is 7.80. The third-order valence-electron chi connectivity index (χ3n) is 3.00. The Bertz CT molecular complexity index is 642. The minimum atomic E-state index is -0.289. The van der Waals surface area contributed by atoms with E-state index >= 15 is 0 Å². The summed E-state index contributed by atoms with van der Waals surface area (Å²) in [6.45, 7) is 4.39. The van der Waals surface area contributed by atoms with Crippen molar-refractivity contribution in [3.8, 4) is 0 Å². The zero-order valence-corrected chi connectivity index (χ0v) is 11.1. The molecule has 0 aliphatic heterocycles. The van der Waals surface area contributed by atoms with Gasteiger partial charge in [0.15, 0.2) is 5.65 Å². The molecule has 0 unspecified atom stereocenters. The molecule has 0 bridgehead atoms. The first-order valence-electron chi connectivity index (χ1n) is 5.61. The summed E-state index contributed by atoms with van der Waals surface area (Å²) in [7, 11) is 0. The molecule has 0 aliphatic rings. The number of nitrogens with zero attached hydrogens (tertiary/aromatic N) is 4. The molecule has 2 aromatic rings. The number of aryl methyl sites for hydroxylation is 1. The molecule has 2 N–H and O–H groups in total. The van der Waals surface area contributed by atoms with Gasteiger partial charge in [0.25, 0.3) is 0 Å². The van der Waals surface area contributed by atoms with E-state index in [9.17, 15) is 4.79 Å². The molecule has 2 aromatic heterocycles.